The fourth-order valence-corrected chi connectivity index (χ4v) is 5.90. The molecule has 2 nitrogen and oxygen atoms in total. The molecule has 0 unspecified atom stereocenters. The lowest BCUT2D eigenvalue weighted by atomic mass is 9.53. The van der Waals surface area contributed by atoms with Crippen molar-refractivity contribution in [1.82, 2.24) is 0 Å². The first-order chi connectivity index (χ1) is 11.5. The van der Waals surface area contributed by atoms with Crippen LogP contribution in [0.3, 0.4) is 0 Å². The minimum atomic E-state index is -0.912. The third-order valence-corrected chi connectivity index (χ3v) is 7.17. The molecule has 1 aromatic carbocycles. The van der Waals surface area contributed by atoms with E-state index in [0.717, 1.165) is 44.3 Å². The molecule has 0 radical (unpaired) electrons. The Morgan fingerprint density at radius 3 is 2.46 bits per heavy atom. The third-order valence-electron chi connectivity index (χ3n) is 7.17. The molecule has 0 aliphatic heterocycles. The van der Waals surface area contributed by atoms with E-state index in [-0.39, 0.29) is 5.41 Å². The quantitative estimate of drug-likeness (QED) is 0.808. The molecular weight excluding hydrogens is 296 g/mol. The highest BCUT2D eigenvalue weighted by Gasteiger charge is 2.61. The van der Waals surface area contributed by atoms with E-state index in [2.05, 4.69) is 44.0 Å². The lowest BCUT2D eigenvalue weighted by Gasteiger charge is -2.52. The van der Waals surface area contributed by atoms with Gasteiger partial charge in [-0.2, -0.15) is 0 Å². The molecular formula is C22H30O2. The van der Waals surface area contributed by atoms with E-state index >= 15 is 0 Å². The molecule has 2 saturated carbocycles. The van der Waals surface area contributed by atoms with Gasteiger partial charge in [-0.05, 0) is 67.6 Å². The molecule has 5 atom stereocenters. The second kappa shape index (κ2) is 6.45. The maximum Gasteiger partial charge on any atom is 0.131 e. The first-order valence-electron chi connectivity index (χ1n) is 9.39. The van der Waals surface area contributed by atoms with Gasteiger partial charge in [-0.15, -0.1) is 6.42 Å². The van der Waals surface area contributed by atoms with E-state index in [4.69, 9.17) is 11.2 Å². The maximum absolute atomic E-state index is 11.1. The Labute approximate surface area is 146 Å². The topological polar surface area (TPSA) is 29.5 Å². The second-order valence-electron chi connectivity index (χ2n) is 7.65. The third kappa shape index (κ3) is 2.37. The van der Waals surface area contributed by atoms with Crippen LogP contribution in [-0.4, -0.2) is 17.8 Å². The van der Waals surface area contributed by atoms with Crippen LogP contribution in [0.15, 0.2) is 24.3 Å². The molecule has 1 N–H and O–H groups in total. The standard InChI is InChI=1S/C22H30O2/c1-5-18-19(16-8-10-17(24-4)11-9-16)12-14-21(6-2)20(18)13-15-22(21,23)7-3/h3,8-11,18-20,23H,5-6,12-15H2,1-2,4H3/t18-,19+,20+,21+,22+/m1/s1. The van der Waals surface area contributed by atoms with E-state index in [9.17, 15) is 5.11 Å². The van der Waals surface area contributed by atoms with Crippen molar-refractivity contribution in [3.05, 3.63) is 29.8 Å². The molecule has 130 valence electrons. The number of terminal acetylenes is 1. The lowest BCUT2D eigenvalue weighted by Crippen LogP contribution is -2.50. The van der Waals surface area contributed by atoms with Crippen molar-refractivity contribution in [2.45, 2.75) is 63.9 Å². The van der Waals surface area contributed by atoms with Crippen LogP contribution >= 0.6 is 0 Å². The predicted molar refractivity (Wildman–Crippen MR) is 98.0 cm³/mol. The minimum absolute atomic E-state index is 0.0919. The van der Waals surface area contributed by atoms with Crippen molar-refractivity contribution < 1.29 is 9.84 Å². The van der Waals surface area contributed by atoms with Crippen molar-refractivity contribution in [3.63, 3.8) is 0 Å². The summed E-state index contributed by atoms with van der Waals surface area (Å²) in [5.74, 6) is 5.37. The molecule has 0 saturated heterocycles. The summed E-state index contributed by atoms with van der Waals surface area (Å²) in [4.78, 5) is 0. The molecule has 2 aliphatic carbocycles. The number of hydrogen-bond donors (Lipinski definition) is 1. The molecule has 1 aromatic rings. The van der Waals surface area contributed by atoms with Gasteiger partial charge >= 0.3 is 0 Å². The van der Waals surface area contributed by atoms with E-state index in [1.54, 1.807) is 7.11 Å². The summed E-state index contributed by atoms with van der Waals surface area (Å²) in [5.41, 5.74) is 0.402. The molecule has 0 amide bonds. The van der Waals surface area contributed by atoms with Gasteiger partial charge in [-0.1, -0.05) is 38.3 Å². The summed E-state index contributed by atoms with van der Waals surface area (Å²) in [6, 6.07) is 8.56. The average Bonchev–Trinajstić information content (AvgIpc) is 2.95. The van der Waals surface area contributed by atoms with Crippen molar-refractivity contribution in [1.29, 1.82) is 0 Å². The van der Waals surface area contributed by atoms with E-state index in [1.165, 1.54) is 5.56 Å². The number of fused-ring (bicyclic) bond motifs is 1. The summed E-state index contributed by atoms with van der Waals surface area (Å²) in [5, 5.41) is 11.1. The average molecular weight is 326 g/mol. The summed E-state index contributed by atoms with van der Waals surface area (Å²) in [7, 11) is 1.71. The number of rotatable bonds is 4. The fraction of sp³-hybridized carbons (Fsp3) is 0.636. The van der Waals surface area contributed by atoms with Crippen molar-refractivity contribution in [3.8, 4) is 18.1 Å². The zero-order valence-electron chi connectivity index (χ0n) is 15.2. The Bertz CT molecular complexity index is 614. The van der Waals surface area contributed by atoms with Crippen LogP contribution in [0.25, 0.3) is 0 Å². The monoisotopic (exact) mass is 326 g/mol. The Hall–Kier alpha value is -1.46. The number of aliphatic hydroxyl groups is 1. The molecule has 3 rings (SSSR count). The van der Waals surface area contributed by atoms with Crippen LogP contribution in [0.2, 0.25) is 0 Å². The fourth-order valence-electron chi connectivity index (χ4n) is 5.90. The molecule has 2 fully saturated rings. The van der Waals surface area contributed by atoms with Gasteiger partial charge < -0.3 is 9.84 Å². The van der Waals surface area contributed by atoms with Crippen LogP contribution in [0, 0.1) is 29.6 Å². The van der Waals surface area contributed by atoms with Gasteiger partial charge in [0.2, 0.25) is 0 Å². The Morgan fingerprint density at radius 1 is 1.21 bits per heavy atom. The SMILES string of the molecule is C#C[C@]1(O)CC[C@H]2[C@H](CC)[C@H](c3ccc(OC)cc3)CC[C@@]21CC. The number of benzene rings is 1. The number of ether oxygens (including phenoxy) is 1. The first kappa shape index (κ1) is 17.4. The summed E-state index contributed by atoms with van der Waals surface area (Å²) < 4.78 is 5.30. The molecule has 0 aromatic heterocycles. The minimum Gasteiger partial charge on any atom is -0.497 e. The Balaban J connectivity index is 1.94. The Morgan fingerprint density at radius 2 is 1.92 bits per heavy atom. The Kier molecular flexibility index (Phi) is 4.67. The van der Waals surface area contributed by atoms with Crippen molar-refractivity contribution in [2.24, 2.45) is 17.3 Å². The van der Waals surface area contributed by atoms with Gasteiger partial charge in [0.1, 0.15) is 11.4 Å². The van der Waals surface area contributed by atoms with Gasteiger partial charge in [0, 0.05) is 5.41 Å². The maximum atomic E-state index is 11.1. The smallest absolute Gasteiger partial charge is 0.131 e. The van der Waals surface area contributed by atoms with Gasteiger partial charge in [0.25, 0.3) is 0 Å². The van der Waals surface area contributed by atoms with Crippen molar-refractivity contribution >= 4 is 0 Å². The first-order valence-corrected chi connectivity index (χ1v) is 9.39. The highest BCUT2D eigenvalue weighted by molar-refractivity contribution is 5.32. The largest absolute Gasteiger partial charge is 0.497 e. The normalized spacial score (nSPS) is 38.4. The summed E-state index contributed by atoms with van der Waals surface area (Å²) in [6.07, 6.45) is 11.9. The molecule has 0 bridgehead atoms. The summed E-state index contributed by atoms with van der Waals surface area (Å²) >= 11 is 0. The van der Waals surface area contributed by atoms with E-state index < -0.39 is 5.60 Å². The zero-order valence-corrected chi connectivity index (χ0v) is 15.2. The van der Waals surface area contributed by atoms with Crippen LogP contribution in [0.5, 0.6) is 5.75 Å². The number of methoxy groups -OCH3 is 1. The van der Waals surface area contributed by atoms with Crippen molar-refractivity contribution in [2.75, 3.05) is 7.11 Å². The highest BCUT2D eigenvalue weighted by Crippen LogP contribution is 2.64. The second-order valence-corrected chi connectivity index (χ2v) is 7.65. The molecule has 2 aliphatic rings. The lowest BCUT2D eigenvalue weighted by molar-refractivity contribution is -0.0779. The van der Waals surface area contributed by atoms with Gasteiger partial charge in [0.05, 0.1) is 7.11 Å². The van der Waals surface area contributed by atoms with Crippen LogP contribution in [0.1, 0.15) is 63.9 Å². The van der Waals surface area contributed by atoms with Gasteiger partial charge in [0.15, 0.2) is 0 Å². The predicted octanol–water partition coefficient (Wildman–Crippen LogP) is 4.77. The highest BCUT2D eigenvalue weighted by atomic mass is 16.5. The van der Waals surface area contributed by atoms with Crippen LogP contribution in [0.4, 0.5) is 0 Å². The molecule has 0 spiro atoms. The van der Waals surface area contributed by atoms with Crippen LogP contribution in [-0.2, 0) is 0 Å². The molecule has 0 heterocycles. The zero-order chi connectivity index (χ0) is 17.4. The van der Waals surface area contributed by atoms with Crippen LogP contribution < -0.4 is 4.74 Å². The number of hydrogen-bond acceptors (Lipinski definition) is 2. The van der Waals surface area contributed by atoms with Gasteiger partial charge in [-0.3, -0.25) is 0 Å². The molecule has 2 heteroatoms. The van der Waals surface area contributed by atoms with E-state index in [0.29, 0.717) is 17.8 Å². The summed E-state index contributed by atoms with van der Waals surface area (Å²) in [6.45, 7) is 4.50. The van der Waals surface area contributed by atoms with E-state index in [1.807, 2.05) is 0 Å². The molecule has 24 heavy (non-hydrogen) atoms. The van der Waals surface area contributed by atoms with Gasteiger partial charge in [-0.25, -0.2) is 0 Å².